The minimum absolute atomic E-state index is 0.236. The molecule has 24 heavy (non-hydrogen) atoms. The predicted molar refractivity (Wildman–Crippen MR) is 83.2 cm³/mol. The van der Waals surface area contributed by atoms with E-state index in [9.17, 15) is 26.4 Å². The Morgan fingerprint density at radius 2 is 1.79 bits per heavy atom. The molecule has 5 nitrogen and oxygen atoms in total. The van der Waals surface area contributed by atoms with Gasteiger partial charge in [-0.1, -0.05) is 12.1 Å². The highest BCUT2D eigenvalue weighted by Crippen LogP contribution is 2.30. The molecule has 1 amide bonds. The molecule has 0 spiro atoms. The summed E-state index contributed by atoms with van der Waals surface area (Å²) in [7, 11) is -5.52. The van der Waals surface area contributed by atoms with Crippen molar-refractivity contribution < 1.29 is 26.4 Å². The van der Waals surface area contributed by atoms with Crippen LogP contribution in [0.1, 0.15) is 15.9 Å². The van der Waals surface area contributed by atoms with Crippen molar-refractivity contribution in [1.82, 2.24) is 0 Å². The Morgan fingerprint density at radius 1 is 1.12 bits per heavy atom. The van der Waals surface area contributed by atoms with Crippen LogP contribution in [-0.2, 0) is 9.84 Å². The van der Waals surface area contributed by atoms with E-state index < -0.39 is 26.1 Å². The number of nitrogens with two attached hydrogens (primary N) is 1. The topological polar surface area (TPSA) is 89.3 Å². The number of benzene rings is 2. The van der Waals surface area contributed by atoms with Crippen molar-refractivity contribution in [3.63, 3.8) is 0 Å². The second-order valence-corrected chi connectivity index (χ2v) is 6.96. The number of halogens is 3. The highest BCUT2D eigenvalue weighted by Gasteiger charge is 2.46. The summed E-state index contributed by atoms with van der Waals surface area (Å²) < 4.78 is 60.6. The molecule has 128 valence electrons. The van der Waals surface area contributed by atoms with Gasteiger partial charge >= 0.3 is 5.51 Å². The molecule has 0 bridgehead atoms. The molecule has 0 aliphatic rings. The lowest BCUT2D eigenvalue weighted by molar-refractivity contribution is -0.0436. The zero-order valence-electron chi connectivity index (χ0n) is 12.4. The van der Waals surface area contributed by atoms with Crippen molar-refractivity contribution in [3.8, 4) is 0 Å². The van der Waals surface area contributed by atoms with Crippen LogP contribution in [0, 0.1) is 6.92 Å². The van der Waals surface area contributed by atoms with E-state index >= 15 is 0 Å². The van der Waals surface area contributed by atoms with E-state index in [2.05, 4.69) is 5.32 Å². The molecule has 0 atom stereocenters. The first kappa shape index (κ1) is 17.8. The molecule has 0 saturated carbocycles. The Morgan fingerprint density at radius 3 is 2.38 bits per heavy atom. The molecule has 0 aliphatic carbocycles. The third kappa shape index (κ3) is 3.51. The minimum Gasteiger partial charge on any atom is -0.397 e. The third-order valence-electron chi connectivity index (χ3n) is 3.17. The summed E-state index contributed by atoms with van der Waals surface area (Å²) in [5.74, 6) is -0.773. The van der Waals surface area contributed by atoms with Crippen molar-refractivity contribution in [2.45, 2.75) is 17.3 Å². The first-order chi connectivity index (χ1) is 11.0. The number of aryl methyl sites for hydroxylation is 1. The van der Waals surface area contributed by atoms with Gasteiger partial charge in [0.1, 0.15) is 0 Å². The molecule has 3 N–H and O–H groups in total. The Hall–Kier alpha value is -2.55. The lowest BCUT2D eigenvalue weighted by atomic mass is 10.1. The summed E-state index contributed by atoms with van der Waals surface area (Å²) in [6.07, 6.45) is 0. The first-order valence-corrected chi connectivity index (χ1v) is 8.09. The summed E-state index contributed by atoms with van der Waals surface area (Å²) in [5, 5.41) is 2.43. The molecule has 0 unspecified atom stereocenters. The lowest BCUT2D eigenvalue weighted by Crippen LogP contribution is -2.23. The van der Waals surface area contributed by atoms with Crippen LogP contribution < -0.4 is 11.1 Å². The van der Waals surface area contributed by atoms with E-state index in [0.29, 0.717) is 6.07 Å². The Kier molecular flexibility index (Phi) is 4.57. The van der Waals surface area contributed by atoms with Crippen LogP contribution in [0.25, 0.3) is 0 Å². The fourth-order valence-electron chi connectivity index (χ4n) is 1.93. The van der Waals surface area contributed by atoms with Crippen LogP contribution in [0.2, 0.25) is 0 Å². The Balaban J connectivity index is 2.33. The van der Waals surface area contributed by atoms with Crippen LogP contribution in [-0.4, -0.2) is 19.8 Å². The minimum atomic E-state index is -5.52. The van der Waals surface area contributed by atoms with Crippen LogP contribution >= 0.6 is 0 Å². The highest BCUT2D eigenvalue weighted by molar-refractivity contribution is 7.92. The van der Waals surface area contributed by atoms with Crippen LogP contribution in [0.4, 0.5) is 24.5 Å². The maximum absolute atomic E-state index is 12.6. The van der Waals surface area contributed by atoms with Gasteiger partial charge < -0.3 is 11.1 Å². The summed E-state index contributed by atoms with van der Waals surface area (Å²) in [4.78, 5) is 11.1. The van der Waals surface area contributed by atoms with Gasteiger partial charge in [-0.05, 0) is 42.8 Å². The molecule has 0 aliphatic heterocycles. The smallest absolute Gasteiger partial charge is 0.397 e. The highest BCUT2D eigenvalue weighted by atomic mass is 32.2. The molecule has 0 saturated heterocycles. The second-order valence-electron chi connectivity index (χ2n) is 5.02. The molecule has 0 radical (unpaired) electrons. The van der Waals surface area contributed by atoms with Gasteiger partial charge in [-0.3, -0.25) is 4.79 Å². The largest absolute Gasteiger partial charge is 0.501 e. The number of alkyl halides is 3. The summed E-state index contributed by atoms with van der Waals surface area (Å²) in [6, 6.07) is 8.55. The van der Waals surface area contributed by atoms with Crippen LogP contribution in [0.3, 0.4) is 0 Å². The van der Waals surface area contributed by atoms with Gasteiger partial charge in [0.2, 0.25) is 0 Å². The molecule has 0 heterocycles. The van der Waals surface area contributed by atoms with Gasteiger partial charge in [0.05, 0.1) is 16.3 Å². The van der Waals surface area contributed by atoms with E-state index in [0.717, 1.165) is 17.7 Å². The summed E-state index contributed by atoms with van der Waals surface area (Å²) >= 11 is 0. The Labute approximate surface area is 136 Å². The molecule has 2 aromatic carbocycles. The second kappa shape index (κ2) is 6.16. The van der Waals surface area contributed by atoms with Gasteiger partial charge in [-0.25, -0.2) is 8.42 Å². The number of nitrogens with one attached hydrogen (secondary N) is 1. The molecule has 9 heteroatoms. The molecule has 0 fully saturated rings. The third-order valence-corrected chi connectivity index (χ3v) is 4.65. The SMILES string of the molecule is Cc1ccc(NC(=O)c2cccc(S(=O)(=O)C(F)(F)F)c2)c(N)c1. The maximum atomic E-state index is 12.6. The van der Waals surface area contributed by atoms with E-state index in [1.165, 1.54) is 6.07 Å². The standard InChI is InChI=1S/C15H13F3N2O3S/c1-9-5-6-13(12(19)7-9)20-14(21)10-3-2-4-11(8-10)24(22,23)15(16,17)18/h2-8H,19H2,1H3,(H,20,21). The molecule has 0 aromatic heterocycles. The monoisotopic (exact) mass is 358 g/mol. The number of amides is 1. The molecule has 2 aromatic rings. The normalized spacial score (nSPS) is 12.0. The number of carbonyl (C=O) groups is 1. The van der Waals surface area contributed by atoms with Crippen molar-refractivity contribution in [2.24, 2.45) is 0 Å². The average Bonchev–Trinajstić information content (AvgIpc) is 2.49. The first-order valence-electron chi connectivity index (χ1n) is 6.61. The van der Waals surface area contributed by atoms with Gasteiger partial charge in [0.15, 0.2) is 0 Å². The van der Waals surface area contributed by atoms with E-state index in [1.54, 1.807) is 25.1 Å². The van der Waals surface area contributed by atoms with Gasteiger partial charge in [0, 0.05) is 5.56 Å². The van der Waals surface area contributed by atoms with E-state index in [1.807, 2.05) is 0 Å². The fraction of sp³-hybridized carbons (Fsp3) is 0.133. The van der Waals surface area contributed by atoms with Crippen molar-refractivity contribution >= 4 is 27.1 Å². The van der Waals surface area contributed by atoms with Gasteiger partial charge in [-0.15, -0.1) is 0 Å². The van der Waals surface area contributed by atoms with E-state index in [-0.39, 0.29) is 16.9 Å². The number of nitrogen functional groups attached to an aromatic ring is 1. The zero-order valence-corrected chi connectivity index (χ0v) is 13.2. The number of rotatable bonds is 3. The molecular weight excluding hydrogens is 345 g/mol. The fourth-order valence-corrected chi connectivity index (χ4v) is 2.74. The number of anilines is 2. The van der Waals surface area contributed by atoms with Crippen molar-refractivity contribution in [1.29, 1.82) is 0 Å². The summed E-state index contributed by atoms with van der Waals surface area (Å²) in [6.45, 7) is 1.80. The number of hydrogen-bond acceptors (Lipinski definition) is 4. The molecular formula is C15H13F3N2O3S. The van der Waals surface area contributed by atoms with Gasteiger partial charge in [0.25, 0.3) is 15.7 Å². The maximum Gasteiger partial charge on any atom is 0.501 e. The number of carbonyl (C=O) groups excluding carboxylic acids is 1. The zero-order chi connectivity index (χ0) is 18.1. The van der Waals surface area contributed by atoms with Crippen LogP contribution in [0.15, 0.2) is 47.4 Å². The van der Waals surface area contributed by atoms with Gasteiger partial charge in [-0.2, -0.15) is 13.2 Å². The van der Waals surface area contributed by atoms with Crippen molar-refractivity contribution in [2.75, 3.05) is 11.1 Å². The number of hydrogen-bond donors (Lipinski definition) is 2. The Bertz CT molecular complexity index is 893. The quantitative estimate of drug-likeness (QED) is 0.825. The lowest BCUT2D eigenvalue weighted by Gasteiger charge is -2.11. The molecule has 2 rings (SSSR count). The predicted octanol–water partition coefficient (Wildman–Crippen LogP) is 3.12. The van der Waals surface area contributed by atoms with Crippen LogP contribution in [0.5, 0.6) is 0 Å². The van der Waals surface area contributed by atoms with Crippen molar-refractivity contribution in [3.05, 3.63) is 53.6 Å². The summed E-state index contributed by atoms with van der Waals surface area (Å²) in [5.41, 5.74) is 1.49. The number of sulfone groups is 1. The average molecular weight is 358 g/mol. The van der Waals surface area contributed by atoms with E-state index in [4.69, 9.17) is 5.73 Å².